The van der Waals surface area contributed by atoms with Crippen LogP contribution in [0.2, 0.25) is 0 Å². The molecule has 4 heteroatoms. The Balaban J connectivity index is 2.62. The first-order chi connectivity index (χ1) is 7.93. The lowest BCUT2D eigenvalue weighted by Gasteiger charge is -2.21. The molecule has 0 aliphatic heterocycles. The van der Waals surface area contributed by atoms with Crippen molar-refractivity contribution in [2.24, 2.45) is 5.92 Å². The second kappa shape index (κ2) is 5.84. The van der Waals surface area contributed by atoms with E-state index in [-0.39, 0.29) is 11.5 Å². The summed E-state index contributed by atoms with van der Waals surface area (Å²) >= 11 is 0. The number of likely N-dealkylation sites (N-methyl/N-ethyl adjacent to an activating group) is 1. The van der Waals surface area contributed by atoms with Gasteiger partial charge in [0.05, 0.1) is 0 Å². The lowest BCUT2D eigenvalue weighted by atomic mass is 10.1. The number of carboxylic acid groups (broad SMARTS) is 1. The Hall–Kier alpha value is -1.32. The molecule has 1 fully saturated rings. The van der Waals surface area contributed by atoms with Gasteiger partial charge in [0, 0.05) is 24.7 Å². The fourth-order valence-electron chi connectivity index (χ4n) is 2.27. The van der Waals surface area contributed by atoms with Gasteiger partial charge < -0.3 is 10.0 Å². The monoisotopic (exact) mass is 239 g/mol. The van der Waals surface area contributed by atoms with E-state index in [1.807, 2.05) is 0 Å². The highest BCUT2D eigenvalue weighted by atomic mass is 16.4. The van der Waals surface area contributed by atoms with Gasteiger partial charge in [-0.15, -0.1) is 0 Å². The summed E-state index contributed by atoms with van der Waals surface area (Å²) in [6, 6.07) is 0. The lowest BCUT2D eigenvalue weighted by Crippen LogP contribution is -2.32. The number of carbonyl (C=O) groups excluding carboxylic acids is 1. The smallest absolute Gasteiger partial charge is 0.331 e. The van der Waals surface area contributed by atoms with E-state index in [4.69, 9.17) is 5.11 Å². The first-order valence-corrected chi connectivity index (χ1v) is 6.09. The minimum atomic E-state index is -1.02. The van der Waals surface area contributed by atoms with E-state index >= 15 is 0 Å². The second-order valence-corrected chi connectivity index (χ2v) is 4.89. The van der Waals surface area contributed by atoms with E-state index in [0.717, 1.165) is 6.54 Å². The van der Waals surface area contributed by atoms with Gasteiger partial charge >= 0.3 is 5.97 Å². The number of carbonyl (C=O) groups is 2. The highest BCUT2D eigenvalue weighted by Gasteiger charge is 2.21. The summed E-state index contributed by atoms with van der Waals surface area (Å²) in [5.74, 6) is -0.608. The standard InChI is InChI=1S/C13H21NO3/c1-9(10(2)13(16)17)12(15)14(3)8-11-6-4-5-7-11/h11H,4-8H2,1-3H3,(H,16,17). The Bertz CT molecular complexity index is 341. The molecule has 0 aromatic heterocycles. The number of nitrogens with zero attached hydrogens (tertiary/aromatic N) is 1. The Morgan fingerprint density at radius 1 is 1.18 bits per heavy atom. The highest BCUT2D eigenvalue weighted by molar-refractivity contribution is 6.01. The number of hydrogen-bond acceptors (Lipinski definition) is 2. The maximum atomic E-state index is 12.0. The van der Waals surface area contributed by atoms with Crippen molar-refractivity contribution in [2.75, 3.05) is 13.6 Å². The Morgan fingerprint density at radius 2 is 1.71 bits per heavy atom. The van der Waals surface area contributed by atoms with E-state index in [1.54, 1.807) is 18.9 Å². The van der Waals surface area contributed by atoms with Gasteiger partial charge in [-0.3, -0.25) is 4.79 Å². The van der Waals surface area contributed by atoms with Gasteiger partial charge in [0.25, 0.3) is 0 Å². The van der Waals surface area contributed by atoms with Crippen molar-refractivity contribution >= 4 is 11.9 Å². The third-order valence-corrected chi connectivity index (χ3v) is 3.56. The van der Waals surface area contributed by atoms with E-state index < -0.39 is 5.97 Å². The zero-order valence-electron chi connectivity index (χ0n) is 10.8. The van der Waals surface area contributed by atoms with Gasteiger partial charge in [-0.2, -0.15) is 0 Å². The average Bonchev–Trinajstić information content (AvgIpc) is 2.78. The number of carboxylic acids is 1. The Labute approximate surface area is 102 Å². The van der Waals surface area contributed by atoms with E-state index in [2.05, 4.69) is 0 Å². The molecule has 0 bridgehead atoms. The topological polar surface area (TPSA) is 57.6 Å². The number of hydrogen-bond donors (Lipinski definition) is 1. The predicted octanol–water partition coefficient (Wildman–Crippen LogP) is 2.06. The number of aliphatic carboxylic acids is 1. The fraction of sp³-hybridized carbons (Fsp3) is 0.692. The van der Waals surface area contributed by atoms with Crippen LogP contribution in [0.4, 0.5) is 0 Å². The van der Waals surface area contributed by atoms with Crippen LogP contribution in [0.1, 0.15) is 39.5 Å². The first-order valence-electron chi connectivity index (χ1n) is 6.09. The summed E-state index contributed by atoms with van der Waals surface area (Å²) in [7, 11) is 1.75. The zero-order valence-corrected chi connectivity index (χ0v) is 10.8. The van der Waals surface area contributed by atoms with E-state index in [0.29, 0.717) is 11.5 Å². The van der Waals surface area contributed by atoms with Gasteiger partial charge in [0.2, 0.25) is 5.91 Å². The summed E-state index contributed by atoms with van der Waals surface area (Å²) in [6.45, 7) is 3.79. The van der Waals surface area contributed by atoms with Crippen LogP contribution >= 0.6 is 0 Å². The molecular weight excluding hydrogens is 218 g/mol. The minimum absolute atomic E-state index is 0.133. The molecule has 1 amide bonds. The van der Waals surface area contributed by atoms with Crippen LogP contribution in [-0.4, -0.2) is 35.5 Å². The van der Waals surface area contributed by atoms with Crippen molar-refractivity contribution in [1.29, 1.82) is 0 Å². The summed E-state index contributed by atoms with van der Waals surface area (Å²) in [5.41, 5.74) is 0.464. The Morgan fingerprint density at radius 3 is 2.18 bits per heavy atom. The predicted molar refractivity (Wildman–Crippen MR) is 65.6 cm³/mol. The number of amides is 1. The molecule has 0 aromatic rings. The fourth-order valence-corrected chi connectivity index (χ4v) is 2.27. The van der Waals surface area contributed by atoms with Crippen molar-refractivity contribution in [3.05, 3.63) is 11.1 Å². The maximum absolute atomic E-state index is 12.0. The van der Waals surface area contributed by atoms with Crippen LogP contribution in [-0.2, 0) is 9.59 Å². The Kier molecular flexibility index (Phi) is 4.73. The molecule has 4 nitrogen and oxygen atoms in total. The third-order valence-electron chi connectivity index (χ3n) is 3.56. The van der Waals surface area contributed by atoms with Crippen LogP contribution < -0.4 is 0 Å². The van der Waals surface area contributed by atoms with Crippen LogP contribution in [0.15, 0.2) is 11.1 Å². The van der Waals surface area contributed by atoms with Crippen molar-refractivity contribution in [3.8, 4) is 0 Å². The minimum Gasteiger partial charge on any atom is -0.478 e. The molecule has 0 unspecified atom stereocenters. The normalized spacial score (nSPS) is 17.8. The molecule has 0 radical (unpaired) electrons. The molecular formula is C13H21NO3. The molecule has 1 rings (SSSR count). The molecule has 17 heavy (non-hydrogen) atoms. The van der Waals surface area contributed by atoms with Crippen molar-refractivity contribution in [3.63, 3.8) is 0 Å². The van der Waals surface area contributed by atoms with Gasteiger partial charge in [-0.25, -0.2) is 4.79 Å². The van der Waals surface area contributed by atoms with E-state index in [9.17, 15) is 9.59 Å². The van der Waals surface area contributed by atoms with Crippen LogP contribution in [0.25, 0.3) is 0 Å². The van der Waals surface area contributed by atoms with Crippen molar-refractivity contribution in [2.45, 2.75) is 39.5 Å². The molecule has 0 saturated heterocycles. The molecule has 0 atom stereocenters. The summed E-state index contributed by atoms with van der Waals surface area (Å²) in [5, 5.41) is 8.84. The molecule has 1 aliphatic carbocycles. The van der Waals surface area contributed by atoms with Crippen LogP contribution in [0, 0.1) is 5.92 Å². The quantitative estimate of drug-likeness (QED) is 0.764. The summed E-state index contributed by atoms with van der Waals surface area (Å²) in [6.07, 6.45) is 4.85. The molecule has 1 saturated carbocycles. The molecule has 0 heterocycles. The van der Waals surface area contributed by atoms with Crippen molar-refractivity contribution < 1.29 is 14.7 Å². The SMILES string of the molecule is CC(C(=O)O)=C(C)C(=O)N(C)CC1CCCC1. The molecule has 0 aromatic carbocycles. The van der Waals surface area contributed by atoms with Gasteiger partial charge in [-0.1, -0.05) is 12.8 Å². The largest absolute Gasteiger partial charge is 0.478 e. The molecule has 0 spiro atoms. The van der Waals surface area contributed by atoms with Gasteiger partial charge in [0.15, 0.2) is 0 Å². The second-order valence-electron chi connectivity index (χ2n) is 4.89. The summed E-state index contributed by atoms with van der Waals surface area (Å²) in [4.78, 5) is 24.4. The number of rotatable bonds is 4. The van der Waals surface area contributed by atoms with Crippen LogP contribution in [0.5, 0.6) is 0 Å². The third kappa shape index (κ3) is 3.58. The summed E-state index contributed by atoms with van der Waals surface area (Å²) < 4.78 is 0. The maximum Gasteiger partial charge on any atom is 0.331 e. The average molecular weight is 239 g/mol. The zero-order chi connectivity index (χ0) is 13.0. The van der Waals surface area contributed by atoms with Gasteiger partial charge in [-0.05, 0) is 32.6 Å². The van der Waals surface area contributed by atoms with Gasteiger partial charge in [0.1, 0.15) is 0 Å². The van der Waals surface area contributed by atoms with Crippen molar-refractivity contribution in [1.82, 2.24) is 4.90 Å². The molecule has 96 valence electrons. The lowest BCUT2D eigenvalue weighted by molar-refractivity contribution is -0.133. The highest BCUT2D eigenvalue weighted by Crippen LogP contribution is 2.25. The van der Waals surface area contributed by atoms with Crippen LogP contribution in [0.3, 0.4) is 0 Å². The molecule has 1 aliphatic rings. The molecule has 1 N–H and O–H groups in total. The van der Waals surface area contributed by atoms with E-state index in [1.165, 1.54) is 32.6 Å². The first kappa shape index (κ1) is 13.7.